The van der Waals surface area contributed by atoms with Crippen molar-refractivity contribution in [2.75, 3.05) is 6.54 Å². The lowest BCUT2D eigenvalue weighted by molar-refractivity contribution is 0.465. The van der Waals surface area contributed by atoms with Gasteiger partial charge in [0.2, 0.25) is 0 Å². The van der Waals surface area contributed by atoms with Crippen molar-refractivity contribution in [3.8, 4) is 10.8 Å². The van der Waals surface area contributed by atoms with Crippen molar-refractivity contribution in [2.24, 2.45) is 7.05 Å². The van der Waals surface area contributed by atoms with E-state index in [1.807, 2.05) is 24.0 Å². The standard InChI is InChI=1S/C13H18N4S/c1-3-14-9-5-4-6-10-11(9)16-13(18-10)12-15-7-8-17(12)2/h7-9,14H,3-6H2,1-2H3. The Morgan fingerprint density at radius 3 is 3.17 bits per heavy atom. The normalized spacial score (nSPS) is 18.9. The zero-order valence-corrected chi connectivity index (χ0v) is 11.6. The number of aryl methyl sites for hydroxylation is 2. The quantitative estimate of drug-likeness (QED) is 0.924. The molecule has 0 fully saturated rings. The van der Waals surface area contributed by atoms with Crippen LogP contribution in [0.1, 0.15) is 36.4 Å². The summed E-state index contributed by atoms with van der Waals surface area (Å²) in [4.78, 5) is 10.7. The monoisotopic (exact) mass is 262 g/mol. The lowest BCUT2D eigenvalue weighted by Gasteiger charge is -2.21. The molecule has 4 nitrogen and oxygen atoms in total. The average Bonchev–Trinajstić information content (AvgIpc) is 2.95. The molecule has 1 N–H and O–H groups in total. The van der Waals surface area contributed by atoms with Crippen LogP contribution in [0.4, 0.5) is 0 Å². The predicted molar refractivity (Wildman–Crippen MR) is 73.7 cm³/mol. The first-order valence-corrected chi connectivity index (χ1v) is 7.32. The molecule has 0 saturated carbocycles. The van der Waals surface area contributed by atoms with Gasteiger partial charge in [-0.25, -0.2) is 9.97 Å². The molecule has 2 aromatic rings. The molecule has 0 radical (unpaired) electrons. The van der Waals surface area contributed by atoms with Crippen LogP contribution in [0.5, 0.6) is 0 Å². The summed E-state index contributed by atoms with van der Waals surface area (Å²) in [6.45, 7) is 3.15. The molecule has 0 saturated heterocycles. The van der Waals surface area contributed by atoms with E-state index in [0.717, 1.165) is 17.4 Å². The van der Waals surface area contributed by atoms with Crippen LogP contribution in [0.25, 0.3) is 10.8 Å². The minimum atomic E-state index is 0.434. The zero-order valence-electron chi connectivity index (χ0n) is 10.8. The Hall–Kier alpha value is -1.20. The number of rotatable bonds is 3. The minimum Gasteiger partial charge on any atom is -0.332 e. The molecular formula is C13H18N4S. The highest BCUT2D eigenvalue weighted by Gasteiger charge is 2.25. The number of thiazole rings is 1. The van der Waals surface area contributed by atoms with E-state index in [0.29, 0.717) is 6.04 Å². The van der Waals surface area contributed by atoms with Gasteiger partial charge >= 0.3 is 0 Å². The van der Waals surface area contributed by atoms with Crippen LogP contribution in [0.15, 0.2) is 12.4 Å². The van der Waals surface area contributed by atoms with E-state index in [2.05, 4.69) is 17.2 Å². The predicted octanol–water partition coefficient (Wildman–Crippen LogP) is 2.53. The third-order valence-electron chi connectivity index (χ3n) is 3.42. The first-order valence-electron chi connectivity index (χ1n) is 6.50. The molecule has 5 heteroatoms. The molecule has 1 aliphatic carbocycles. The Bertz CT molecular complexity index is 543. The molecule has 0 bridgehead atoms. The zero-order chi connectivity index (χ0) is 12.5. The number of hydrogen-bond acceptors (Lipinski definition) is 4. The SMILES string of the molecule is CCNC1CCCc2sc(-c3nccn3C)nc21. The largest absolute Gasteiger partial charge is 0.332 e. The van der Waals surface area contributed by atoms with Crippen LogP contribution in [0.2, 0.25) is 0 Å². The molecule has 1 atom stereocenters. The Labute approximate surface area is 111 Å². The lowest BCUT2D eigenvalue weighted by atomic mass is 9.98. The third-order valence-corrected chi connectivity index (χ3v) is 4.54. The second kappa shape index (κ2) is 4.82. The average molecular weight is 262 g/mol. The summed E-state index contributed by atoms with van der Waals surface area (Å²) in [5.74, 6) is 0.977. The van der Waals surface area contributed by atoms with Gasteiger partial charge in [-0.2, -0.15) is 0 Å². The third kappa shape index (κ3) is 1.97. The maximum Gasteiger partial charge on any atom is 0.168 e. The maximum absolute atomic E-state index is 4.83. The first kappa shape index (κ1) is 11.9. The van der Waals surface area contributed by atoms with Crippen LogP contribution < -0.4 is 5.32 Å². The highest BCUT2D eigenvalue weighted by Crippen LogP contribution is 2.36. The Morgan fingerprint density at radius 1 is 1.56 bits per heavy atom. The van der Waals surface area contributed by atoms with Crippen LogP contribution in [0, 0.1) is 0 Å². The molecule has 0 spiro atoms. The summed E-state index contributed by atoms with van der Waals surface area (Å²) < 4.78 is 2.03. The van der Waals surface area contributed by atoms with E-state index in [9.17, 15) is 0 Å². The van der Waals surface area contributed by atoms with Crippen molar-refractivity contribution in [1.29, 1.82) is 0 Å². The van der Waals surface area contributed by atoms with Crippen LogP contribution in [-0.4, -0.2) is 21.1 Å². The fourth-order valence-electron chi connectivity index (χ4n) is 2.53. The molecule has 0 amide bonds. The Kier molecular flexibility index (Phi) is 3.18. The molecule has 1 aliphatic rings. The van der Waals surface area contributed by atoms with Crippen LogP contribution in [-0.2, 0) is 13.5 Å². The molecule has 2 aromatic heterocycles. The molecule has 1 unspecified atom stereocenters. The number of nitrogens with one attached hydrogen (secondary N) is 1. The molecule has 3 rings (SSSR count). The summed E-state index contributed by atoms with van der Waals surface area (Å²) in [6.07, 6.45) is 7.42. The van der Waals surface area contributed by atoms with Crippen molar-refractivity contribution >= 4 is 11.3 Å². The first-order chi connectivity index (χ1) is 8.79. The fraction of sp³-hybridized carbons (Fsp3) is 0.538. The lowest BCUT2D eigenvalue weighted by Crippen LogP contribution is -2.24. The van der Waals surface area contributed by atoms with Gasteiger partial charge in [-0.15, -0.1) is 11.3 Å². The van der Waals surface area contributed by atoms with Gasteiger partial charge < -0.3 is 9.88 Å². The summed E-state index contributed by atoms with van der Waals surface area (Å²) >= 11 is 1.80. The van der Waals surface area contributed by atoms with Gasteiger partial charge in [0.05, 0.1) is 11.7 Å². The van der Waals surface area contributed by atoms with E-state index < -0.39 is 0 Å². The van der Waals surface area contributed by atoms with Crippen molar-refractivity contribution in [3.05, 3.63) is 23.0 Å². The highest BCUT2D eigenvalue weighted by atomic mass is 32.1. The van der Waals surface area contributed by atoms with Gasteiger partial charge in [0.1, 0.15) is 0 Å². The van der Waals surface area contributed by atoms with Crippen molar-refractivity contribution < 1.29 is 0 Å². The summed E-state index contributed by atoms with van der Waals surface area (Å²) in [7, 11) is 2.02. The van der Waals surface area contributed by atoms with E-state index in [4.69, 9.17) is 4.98 Å². The van der Waals surface area contributed by atoms with Gasteiger partial charge in [0.25, 0.3) is 0 Å². The summed E-state index contributed by atoms with van der Waals surface area (Å²) in [5.41, 5.74) is 1.26. The van der Waals surface area contributed by atoms with E-state index in [1.165, 1.54) is 29.8 Å². The number of hydrogen-bond donors (Lipinski definition) is 1. The van der Waals surface area contributed by atoms with Gasteiger partial charge in [-0.1, -0.05) is 6.92 Å². The van der Waals surface area contributed by atoms with Gasteiger partial charge in [-0.3, -0.25) is 0 Å². The summed E-state index contributed by atoms with van der Waals surface area (Å²) in [6, 6.07) is 0.434. The minimum absolute atomic E-state index is 0.434. The number of fused-ring (bicyclic) bond motifs is 1. The molecule has 18 heavy (non-hydrogen) atoms. The number of aromatic nitrogens is 3. The maximum atomic E-state index is 4.83. The van der Waals surface area contributed by atoms with Gasteiger partial charge in [0.15, 0.2) is 10.8 Å². The smallest absolute Gasteiger partial charge is 0.168 e. The molecule has 0 aliphatic heterocycles. The fourth-order valence-corrected chi connectivity index (χ4v) is 3.74. The van der Waals surface area contributed by atoms with Gasteiger partial charge in [0, 0.05) is 24.3 Å². The van der Waals surface area contributed by atoms with Crippen molar-refractivity contribution in [1.82, 2.24) is 19.9 Å². The van der Waals surface area contributed by atoms with Crippen molar-refractivity contribution in [3.63, 3.8) is 0 Å². The Balaban J connectivity index is 1.98. The van der Waals surface area contributed by atoms with Crippen LogP contribution >= 0.6 is 11.3 Å². The second-order valence-electron chi connectivity index (χ2n) is 4.69. The summed E-state index contributed by atoms with van der Waals surface area (Å²) in [5, 5.41) is 4.58. The highest BCUT2D eigenvalue weighted by molar-refractivity contribution is 7.15. The molecule has 96 valence electrons. The van der Waals surface area contributed by atoms with Crippen molar-refractivity contribution in [2.45, 2.75) is 32.2 Å². The number of imidazole rings is 1. The van der Waals surface area contributed by atoms with Crippen LogP contribution in [0.3, 0.4) is 0 Å². The second-order valence-corrected chi connectivity index (χ2v) is 5.78. The topological polar surface area (TPSA) is 42.7 Å². The number of nitrogens with zero attached hydrogens (tertiary/aromatic N) is 3. The van der Waals surface area contributed by atoms with Gasteiger partial charge in [-0.05, 0) is 25.8 Å². The molecule has 0 aromatic carbocycles. The van der Waals surface area contributed by atoms with E-state index in [-0.39, 0.29) is 0 Å². The molecule has 2 heterocycles. The molecular weight excluding hydrogens is 244 g/mol. The van der Waals surface area contributed by atoms with E-state index >= 15 is 0 Å². The van der Waals surface area contributed by atoms with E-state index in [1.54, 1.807) is 11.3 Å². The Morgan fingerprint density at radius 2 is 2.44 bits per heavy atom.